The van der Waals surface area contributed by atoms with Crippen molar-refractivity contribution in [2.24, 2.45) is 0 Å². The molecule has 104 valence electrons. The number of aliphatic hydroxyl groups excluding tert-OH is 2. The lowest BCUT2D eigenvalue weighted by Crippen LogP contribution is -2.50. The van der Waals surface area contributed by atoms with Gasteiger partial charge in [0.2, 0.25) is 0 Å². The van der Waals surface area contributed by atoms with Gasteiger partial charge in [-0.3, -0.25) is 0 Å². The van der Waals surface area contributed by atoms with Crippen LogP contribution in [0.25, 0.3) is 0 Å². The van der Waals surface area contributed by atoms with Crippen molar-refractivity contribution in [1.29, 1.82) is 0 Å². The van der Waals surface area contributed by atoms with Crippen LogP contribution in [0.4, 0.5) is 4.79 Å². The molecule has 2 unspecified atom stereocenters. The topological polar surface area (TPSA) is 110 Å². The number of carbonyl (C=O) groups excluding carboxylic acids is 1. The van der Waals surface area contributed by atoms with Crippen molar-refractivity contribution in [2.75, 3.05) is 19.7 Å². The second kappa shape index (κ2) is 7.17. The lowest BCUT2D eigenvalue weighted by Gasteiger charge is -2.35. The number of amides is 2. The van der Waals surface area contributed by atoms with Crippen molar-refractivity contribution in [3.8, 4) is 0 Å². The number of aliphatic carboxylic acids is 1. The van der Waals surface area contributed by atoms with Gasteiger partial charge in [-0.05, 0) is 25.7 Å². The summed E-state index contributed by atoms with van der Waals surface area (Å²) in [6.07, 6.45) is 1.70. The highest BCUT2D eigenvalue weighted by molar-refractivity contribution is 5.77. The number of aliphatic hydroxyl groups is 2. The molecule has 0 aromatic carbocycles. The van der Waals surface area contributed by atoms with E-state index in [4.69, 9.17) is 15.3 Å². The molecular weight excluding hydrogens is 240 g/mol. The summed E-state index contributed by atoms with van der Waals surface area (Å²) in [6.45, 7) is 0.308. The molecule has 0 spiro atoms. The van der Waals surface area contributed by atoms with E-state index in [9.17, 15) is 9.59 Å². The first kappa shape index (κ1) is 14.7. The number of piperidine rings is 1. The van der Waals surface area contributed by atoms with Gasteiger partial charge in [0.15, 0.2) is 6.10 Å². The Morgan fingerprint density at radius 1 is 1.39 bits per heavy atom. The molecule has 0 aromatic rings. The Morgan fingerprint density at radius 2 is 2.11 bits per heavy atom. The number of rotatable bonds is 5. The fraction of sp³-hybridized carbons (Fsp3) is 0.818. The van der Waals surface area contributed by atoms with E-state index in [1.807, 2.05) is 0 Å². The number of carbonyl (C=O) groups is 2. The van der Waals surface area contributed by atoms with E-state index in [2.05, 4.69) is 5.32 Å². The summed E-state index contributed by atoms with van der Waals surface area (Å²) in [7, 11) is 0. The van der Waals surface area contributed by atoms with Crippen LogP contribution in [0.1, 0.15) is 25.7 Å². The number of likely N-dealkylation sites (tertiary alicyclic amines) is 1. The Balaban J connectivity index is 2.45. The number of carboxylic acid groups (broad SMARTS) is 1. The van der Waals surface area contributed by atoms with Crippen LogP contribution in [-0.4, -0.2) is 64.1 Å². The van der Waals surface area contributed by atoms with Crippen LogP contribution in [0.15, 0.2) is 0 Å². The lowest BCUT2D eigenvalue weighted by atomic mass is 10.0. The zero-order chi connectivity index (χ0) is 13.5. The summed E-state index contributed by atoms with van der Waals surface area (Å²) in [5, 5.41) is 28.9. The van der Waals surface area contributed by atoms with Crippen molar-refractivity contribution in [3.05, 3.63) is 0 Å². The fourth-order valence-electron chi connectivity index (χ4n) is 2.09. The van der Waals surface area contributed by atoms with E-state index in [0.717, 1.165) is 19.3 Å². The molecule has 1 heterocycles. The first-order valence-electron chi connectivity index (χ1n) is 6.12. The molecule has 0 aliphatic carbocycles. The fourth-order valence-corrected chi connectivity index (χ4v) is 2.09. The molecule has 4 N–H and O–H groups in total. The van der Waals surface area contributed by atoms with Gasteiger partial charge >= 0.3 is 12.0 Å². The van der Waals surface area contributed by atoms with Gasteiger partial charge in [-0.1, -0.05) is 0 Å². The first-order valence-corrected chi connectivity index (χ1v) is 6.12. The average molecular weight is 260 g/mol. The zero-order valence-corrected chi connectivity index (χ0v) is 10.2. The molecule has 1 aliphatic heterocycles. The first-order chi connectivity index (χ1) is 8.56. The maximum Gasteiger partial charge on any atom is 0.334 e. The van der Waals surface area contributed by atoms with Gasteiger partial charge < -0.3 is 25.5 Å². The van der Waals surface area contributed by atoms with Crippen molar-refractivity contribution >= 4 is 12.0 Å². The van der Waals surface area contributed by atoms with Gasteiger partial charge in [0.05, 0.1) is 6.54 Å². The predicted octanol–water partition coefficient (Wildman–Crippen LogP) is -0.622. The summed E-state index contributed by atoms with van der Waals surface area (Å²) in [5.74, 6) is -1.36. The van der Waals surface area contributed by atoms with Crippen LogP contribution >= 0.6 is 0 Å². The number of carboxylic acids is 1. The largest absolute Gasteiger partial charge is 0.479 e. The number of hydrogen-bond acceptors (Lipinski definition) is 4. The molecule has 18 heavy (non-hydrogen) atoms. The molecule has 7 heteroatoms. The van der Waals surface area contributed by atoms with E-state index >= 15 is 0 Å². The van der Waals surface area contributed by atoms with E-state index in [-0.39, 0.29) is 25.2 Å². The molecule has 0 aromatic heterocycles. The van der Waals surface area contributed by atoms with Crippen LogP contribution < -0.4 is 5.32 Å². The van der Waals surface area contributed by atoms with Crippen molar-refractivity contribution < 1.29 is 24.9 Å². The number of nitrogens with zero attached hydrogens (tertiary/aromatic N) is 1. The molecular formula is C11H20N2O5. The van der Waals surface area contributed by atoms with Crippen molar-refractivity contribution in [2.45, 2.75) is 37.8 Å². The van der Waals surface area contributed by atoms with Gasteiger partial charge in [0, 0.05) is 19.2 Å². The van der Waals surface area contributed by atoms with Crippen LogP contribution in [0.5, 0.6) is 0 Å². The highest BCUT2D eigenvalue weighted by Crippen LogP contribution is 2.19. The van der Waals surface area contributed by atoms with Gasteiger partial charge in [-0.15, -0.1) is 0 Å². The Labute approximate surface area is 105 Å². The highest BCUT2D eigenvalue weighted by atomic mass is 16.4. The number of hydrogen-bond donors (Lipinski definition) is 4. The minimum atomic E-state index is -1.59. The SMILES string of the molecule is O=C(O)C(O)CNC(=O)N1CCCCC1CCO. The molecule has 2 atom stereocenters. The predicted molar refractivity (Wildman–Crippen MR) is 63.1 cm³/mol. The van der Waals surface area contributed by atoms with E-state index in [1.54, 1.807) is 4.90 Å². The second-order valence-electron chi connectivity index (χ2n) is 4.40. The number of nitrogens with one attached hydrogen (secondary N) is 1. The van der Waals surface area contributed by atoms with E-state index in [0.29, 0.717) is 13.0 Å². The average Bonchev–Trinajstić information content (AvgIpc) is 2.36. The molecule has 1 aliphatic rings. The summed E-state index contributed by atoms with van der Waals surface area (Å²) in [5.41, 5.74) is 0. The molecule has 1 saturated heterocycles. The molecule has 7 nitrogen and oxygen atoms in total. The smallest absolute Gasteiger partial charge is 0.334 e. The van der Waals surface area contributed by atoms with Crippen LogP contribution in [0.3, 0.4) is 0 Å². The summed E-state index contributed by atoms with van der Waals surface area (Å²) < 4.78 is 0. The third-order valence-corrected chi connectivity index (χ3v) is 3.08. The zero-order valence-electron chi connectivity index (χ0n) is 10.2. The van der Waals surface area contributed by atoms with E-state index in [1.165, 1.54) is 0 Å². The lowest BCUT2D eigenvalue weighted by molar-refractivity contribution is -0.146. The van der Waals surface area contributed by atoms with Crippen LogP contribution in [0, 0.1) is 0 Å². The molecule has 0 radical (unpaired) electrons. The normalized spacial score (nSPS) is 21.4. The van der Waals surface area contributed by atoms with Gasteiger partial charge in [0.1, 0.15) is 0 Å². The van der Waals surface area contributed by atoms with Crippen molar-refractivity contribution in [1.82, 2.24) is 10.2 Å². The van der Waals surface area contributed by atoms with Crippen LogP contribution in [-0.2, 0) is 4.79 Å². The third-order valence-electron chi connectivity index (χ3n) is 3.08. The monoisotopic (exact) mass is 260 g/mol. The minimum Gasteiger partial charge on any atom is -0.479 e. The Morgan fingerprint density at radius 3 is 2.72 bits per heavy atom. The molecule has 2 amide bonds. The molecule has 1 fully saturated rings. The maximum absolute atomic E-state index is 11.8. The van der Waals surface area contributed by atoms with Gasteiger partial charge in [0.25, 0.3) is 0 Å². The Bertz CT molecular complexity index is 295. The molecule has 0 saturated carbocycles. The number of urea groups is 1. The van der Waals surface area contributed by atoms with Gasteiger partial charge in [-0.2, -0.15) is 0 Å². The van der Waals surface area contributed by atoms with Gasteiger partial charge in [-0.25, -0.2) is 9.59 Å². The summed E-state index contributed by atoms with van der Waals surface area (Å²) in [4.78, 5) is 23.9. The summed E-state index contributed by atoms with van der Waals surface area (Å²) >= 11 is 0. The van der Waals surface area contributed by atoms with E-state index < -0.39 is 12.1 Å². The van der Waals surface area contributed by atoms with Crippen LogP contribution in [0.2, 0.25) is 0 Å². The summed E-state index contributed by atoms with van der Waals surface area (Å²) in [6, 6.07) is -0.390. The molecule has 1 rings (SSSR count). The second-order valence-corrected chi connectivity index (χ2v) is 4.40. The highest BCUT2D eigenvalue weighted by Gasteiger charge is 2.26. The standard InChI is InChI=1S/C11H20N2O5/c14-6-4-8-3-1-2-5-13(8)11(18)12-7-9(15)10(16)17/h8-9,14-15H,1-7H2,(H,12,18)(H,16,17). The maximum atomic E-state index is 11.8. The Hall–Kier alpha value is -1.34. The third kappa shape index (κ3) is 4.15. The van der Waals surface area contributed by atoms with Crippen molar-refractivity contribution in [3.63, 3.8) is 0 Å². The quantitative estimate of drug-likeness (QED) is 0.526. The molecule has 0 bridgehead atoms. The minimum absolute atomic E-state index is 0.00859. The Kier molecular flexibility index (Phi) is 5.87.